The Morgan fingerprint density at radius 1 is 1.36 bits per heavy atom. The van der Waals surface area contributed by atoms with Crippen molar-refractivity contribution in [2.75, 3.05) is 0 Å². The van der Waals surface area contributed by atoms with Gasteiger partial charge in [-0.1, -0.05) is 12.2 Å². The SMILES string of the molecule is CC=NC(=O)/C=C\N[C@@H](CC(C)(C)O)/C(C=N)=C(C)/C=C\C. The van der Waals surface area contributed by atoms with Crippen molar-refractivity contribution in [3.8, 4) is 0 Å². The first-order valence-corrected chi connectivity index (χ1v) is 7.26. The zero-order valence-electron chi connectivity index (χ0n) is 14.1. The number of hydrogen-bond acceptors (Lipinski definition) is 4. The van der Waals surface area contributed by atoms with Gasteiger partial charge in [-0.3, -0.25) is 4.79 Å². The molecule has 1 atom stereocenters. The van der Waals surface area contributed by atoms with Gasteiger partial charge in [0.25, 0.3) is 5.91 Å². The standard InChI is InChI=1S/C17H27N3O2/c1-6-8-13(3)14(12-18)15(11-17(4,5)22)20-10-9-16(21)19-7-2/h6-10,12,15,18,20,22H,11H2,1-5H3/b8-6-,10-9-,14-13+,18-12?,19-7?/t15-/m0/s1. The minimum Gasteiger partial charge on any atom is -0.390 e. The lowest BCUT2D eigenvalue weighted by atomic mass is 9.91. The highest BCUT2D eigenvalue weighted by atomic mass is 16.3. The number of allylic oxidation sites excluding steroid dienone is 3. The van der Waals surface area contributed by atoms with Crippen molar-refractivity contribution in [1.29, 1.82) is 5.41 Å². The Morgan fingerprint density at radius 2 is 2.00 bits per heavy atom. The van der Waals surface area contributed by atoms with Crippen molar-refractivity contribution < 1.29 is 9.90 Å². The Bertz CT molecular complexity index is 495. The second-order valence-corrected chi connectivity index (χ2v) is 5.58. The van der Waals surface area contributed by atoms with Gasteiger partial charge in [-0.25, -0.2) is 4.99 Å². The number of aliphatic imine (C=N–C) groups is 1. The van der Waals surface area contributed by atoms with Crippen LogP contribution in [0.2, 0.25) is 0 Å². The first-order chi connectivity index (χ1) is 10.2. The van der Waals surface area contributed by atoms with Crippen LogP contribution in [0.4, 0.5) is 0 Å². The maximum atomic E-state index is 11.3. The number of rotatable bonds is 8. The highest BCUT2D eigenvalue weighted by Crippen LogP contribution is 2.19. The second-order valence-electron chi connectivity index (χ2n) is 5.58. The summed E-state index contributed by atoms with van der Waals surface area (Å²) in [6.45, 7) is 8.92. The van der Waals surface area contributed by atoms with Gasteiger partial charge in [0, 0.05) is 24.7 Å². The van der Waals surface area contributed by atoms with Crippen LogP contribution in [0.5, 0.6) is 0 Å². The number of aliphatic hydroxyl groups is 1. The smallest absolute Gasteiger partial charge is 0.270 e. The molecule has 0 aliphatic heterocycles. The van der Waals surface area contributed by atoms with Crippen LogP contribution < -0.4 is 5.32 Å². The fourth-order valence-electron chi connectivity index (χ4n) is 2.00. The molecule has 0 aliphatic rings. The average molecular weight is 305 g/mol. The van der Waals surface area contributed by atoms with Crippen molar-refractivity contribution in [1.82, 2.24) is 5.32 Å². The van der Waals surface area contributed by atoms with Crippen molar-refractivity contribution in [2.45, 2.75) is 52.7 Å². The fourth-order valence-corrected chi connectivity index (χ4v) is 2.00. The summed E-state index contributed by atoms with van der Waals surface area (Å²) in [6.07, 6.45) is 9.76. The van der Waals surface area contributed by atoms with Crippen LogP contribution in [0.1, 0.15) is 41.0 Å². The van der Waals surface area contributed by atoms with Crippen LogP contribution in [-0.2, 0) is 4.79 Å². The molecule has 5 heteroatoms. The maximum absolute atomic E-state index is 11.3. The van der Waals surface area contributed by atoms with E-state index in [1.807, 2.05) is 26.0 Å². The first kappa shape index (κ1) is 20.0. The molecule has 0 aromatic heterocycles. The molecule has 0 aromatic carbocycles. The molecule has 0 saturated carbocycles. The average Bonchev–Trinajstić information content (AvgIpc) is 2.38. The molecule has 0 heterocycles. The van der Waals surface area contributed by atoms with E-state index in [1.165, 1.54) is 24.7 Å². The summed E-state index contributed by atoms with van der Waals surface area (Å²) >= 11 is 0. The van der Waals surface area contributed by atoms with Gasteiger partial charge in [0.1, 0.15) is 0 Å². The second kappa shape index (κ2) is 9.84. The van der Waals surface area contributed by atoms with Crippen molar-refractivity contribution in [3.05, 3.63) is 35.6 Å². The van der Waals surface area contributed by atoms with Gasteiger partial charge in [0.15, 0.2) is 0 Å². The van der Waals surface area contributed by atoms with Gasteiger partial charge in [0.2, 0.25) is 0 Å². The summed E-state index contributed by atoms with van der Waals surface area (Å²) in [4.78, 5) is 15.0. The molecular formula is C17H27N3O2. The summed E-state index contributed by atoms with van der Waals surface area (Å²) in [5.74, 6) is -0.359. The Balaban J connectivity index is 5.33. The van der Waals surface area contributed by atoms with E-state index >= 15 is 0 Å². The highest BCUT2D eigenvalue weighted by Gasteiger charge is 2.22. The molecule has 0 spiro atoms. The molecule has 0 fully saturated rings. The van der Waals surface area contributed by atoms with E-state index in [2.05, 4.69) is 10.3 Å². The molecule has 0 rings (SSSR count). The van der Waals surface area contributed by atoms with E-state index in [1.54, 1.807) is 20.8 Å². The van der Waals surface area contributed by atoms with Crippen molar-refractivity contribution in [3.63, 3.8) is 0 Å². The van der Waals surface area contributed by atoms with E-state index in [0.29, 0.717) is 6.42 Å². The van der Waals surface area contributed by atoms with Crippen molar-refractivity contribution in [2.24, 2.45) is 4.99 Å². The maximum Gasteiger partial charge on any atom is 0.270 e. The Hall–Kier alpha value is -2.01. The van der Waals surface area contributed by atoms with Crippen LogP contribution in [-0.4, -0.2) is 35.1 Å². The Kier molecular flexibility index (Phi) is 8.94. The minimum absolute atomic E-state index is 0.275. The lowest BCUT2D eigenvalue weighted by Crippen LogP contribution is -2.36. The van der Waals surface area contributed by atoms with E-state index in [-0.39, 0.29) is 11.9 Å². The topological polar surface area (TPSA) is 85.5 Å². The van der Waals surface area contributed by atoms with Gasteiger partial charge in [-0.15, -0.1) is 0 Å². The monoisotopic (exact) mass is 305 g/mol. The quantitative estimate of drug-likeness (QED) is 0.366. The third-order valence-electron chi connectivity index (χ3n) is 2.89. The molecule has 1 amide bonds. The summed E-state index contributed by atoms with van der Waals surface area (Å²) in [6, 6.07) is -0.275. The Labute approximate surface area is 133 Å². The molecule has 0 unspecified atom stereocenters. The number of carbonyl (C=O) groups excluding carboxylic acids is 1. The van der Waals surface area contributed by atoms with Crippen molar-refractivity contribution >= 4 is 18.3 Å². The molecule has 0 aromatic rings. The van der Waals surface area contributed by atoms with Gasteiger partial charge in [-0.05, 0) is 52.2 Å². The summed E-state index contributed by atoms with van der Waals surface area (Å²) in [5.41, 5.74) is 0.795. The van der Waals surface area contributed by atoms with Crippen LogP contribution in [0.25, 0.3) is 0 Å². The largest absolute Gasteiger partial charge is 0.390 e. The Morgan fingerprint density at radius 3 is 2.45 bits per heavy atom. The van der Waals surface area contributed by atoms with E-state index < -0.39 is 5.60 Å². The predicted octanol–water partition coefficient (Wildman–Crippen LogP) is 2.78. The van der Waals surface area contributed by atoms with Gasteiger partial charge in [-0.2, -0.15) is 0 Å². The summed E-state index contributed by atoms with van der Waals surface area (Å²) in [5, 5.41) is 20.8. The molecule has 22 heavy (non-hydrogen) atoms. The fraction of sp³-hybridized carbons (Fsp3) is 0.471. The highest BCUT2D eigenvalue weighted by molar-refractivity contribution is 5.93. The van der Waals surface area contributed by atoms with Crippen LogP contribution in [0.15, 0.2) is 40.6 Å². The van der Waals surface area contributed by atoms with Gasteiger partial charge >= 0.3 is 0 Å². The number of nitrogens with one attached hydrogen (secondary N) is 2. The third kappa shape index (κ3) is 8.32. The number of nitrogens with zero attached hydrogens (tertiary/aromatic N) is 1. The van der Waals surface area contributed by atoms with E-state index in [9.17, 15) is 9.90 Å². The molecule has 0 saturated heterocycles. The molecule has 5 nitrogen and oxygen atoms in total. The lowest BCUT2D eigenvalue weighted by molar-refractivity contribution is -0.113. The predicted molar refractivity (Wildman–Crippen MR) is 92.4 cm³/mol. The van der Waals surface area contributed by atoms with E-state index in [4.69, 9.17) is 5.41 Å². The molecular weight excluding hydrogens is 278 g/mol. The summed E-state index contributed by atoms with van der Waals surface area (Å²) < 4.78 is 0. The third-order valence-corrected chi connectivity index (χ3v) is 2.89. The van der Waals surface area contributed by atoms with Crippen LogP contribution in [0.3, 0.4) is 0 Å². The molecule has 0 radical (unpaired) electrons. The first-order valence-electron chi connectivity index (χ1n) is 7.26. The van der Waals surface area contributed by atoms with Crippen LogP contribution >= 0.6 is 0 Å². The number of amides is 1. The van der Waals surface area contributed by atoms with E-state index in [0.717, 1.165) is 11.1 Å². The number of hydrogen-bond donors (Lipinski definition) is 3. The molecule has 0 bridgehead atoms. The molecule has 122 valence electrons. The summed E-state index contributed by atoms with van der Waals surface area (Å²) in [7, 11) is 0. The number of carbonyl (C=O) groups is 1. The minimum atomic E-state index is -0.901. The normalized spacial score (nSPS) is 15.4. The van der Waals surface area contributed by atoms with Crippen LogP contribution in [0, 0.1) is 5.41 Å². The van der Waals surface area contributed by atoms with Gasteiger partial charge in [0.05, 0.1) is 11.6 Å². The lowest BCUT2D eigenvalue weighted by Gasteiger charge is -2.27. The zero-order valence-corrected chi connectivity index (χ0v) is 14.1. The molecule has 0 aliphatic carbocycles. The van der Waals surface area contributed by atoms with Gasteiger partial charge < -0.3 is 15.8 Å². The molecule has 3 N–H and O–H groups in total. The zero-order chi connectivity index (χ0) is 17.2.